The molecule has 0 saturated carbocycles. The van der Waals surface area contributed by atoms with Crippen molar-refractivity contribution in [3.05, 3.63) is 30.0 Å². The Kier molecular flexibility index (Phi) is 3.71. The van der Waals surface area contributed by atoms with Gasteiger partial charge in [-0.15, -0.1) is 0 Å². The zero-order valence-electron chi connectivity index (χ0n) is 11.5. The van der Waals surface area contributed by atoms with Crippen molar-refractivity contribution < 1.29 is 17.7 Å². The number of hydrogen-bond donors (Lipinski definition) is 1. The number of para-hydroxylation sites is 1. The summed E-state index contributed by atoms with van der Waals surface area (Å²) in [6.07, 6.45) is 1.14. The molecule has 7 heteroatoms. The lowest BCUT2D eigenvalue weighted by Crippen LogP contribution is -2.08. The molecule has 1 aromatic carbocycles. The van der Waals surface area contributed by atoms with E-state index in [1.807, 2.05) is 6.07 Å². The molecule has 1 aromatic heterocycles. The molecule has 0 fully saturated rings. The number of sulfone groups is 1. The summed E-state index contributed by atoms with van der Waals surface area (Å²) in [5.41, 5.74) is 6.93. The number of nitrogens with zero attached hydrogens (tertiary/aromatic N) is 1. The SMILES string of the molecule is COc1ccccc1-c1c(N)noc1C(C)S(C)(=O)=O. The Bertz CT molecular complexity index is 722. The second kappa shape index (κ2) is 5.16. The molecule has 2 N–H and O–H groups in total. The molecule has 0 saturated heterocycles. The molecule has 108 valence electrons. The molecule has 1 heterocycles. The summed E-state index contributed by atoms with van der Waals surface area (Å²) in [7, 11) is -1.79. The number of ether oxygens (including phenoxy) is 1. The minimum absolute atomic E-state index is 0.139. The van der Waals surface area contributed by atoms with E-state index in [1.54, 1.807) is 18.2 Å². The van der Waals surface area contributed by atoms with Crippen molar-refractivity contribution in [1.29, 1.82) is 0 Å². The standard InChI is InChI=1S/C13H16N2O4S/c1-8(20(3,16)17)12-11(13(14)15-19-12)9-6-4-5-7-10(9)18-2/h4-8H,1-3H3,(H2,14,15). The van der Waals surface area contributed by atoms with Crippen molar-refractivity contribution in [3.8, 4) is 16.9 Å². The lowest BCUT2D eigenvalue weighted by Gasteiger charge is -2.11. The number of aromatic nitrogens is 1. The zero-order chi connectivity index (χ0) is 14.9. The van der Waals surface area contributed by atoms with Gasteiger partial charge >= 0.3 is 0 Å². The number of nitrogens with two attached hydrogens (primary N) is 1. The van der Waals surface area contributed by atoms with Crippen LogP contribution in [-0.2, 0) is 9.84 Å². The molecule has 6 nitrogen and oxygen atoms in total. The number of nitrogen functional groups attached to an aromatic ring is 1. The van der Waals surface area contributed by atoms with Gasteiger partial charge in [0.2, 0.25) is 0 Å². The van der Waals surface area contributed by atoms with E-state index < -0.39 is 15.1 Å². The van der Waals surface area contributed by atoms with E-state index in [1.165, 1.54) is 14.0 Å². The topological polar surface area (TPSA) is 95.4 Å². The van der Waals surface area contributed by atoms with Crippen LogP contribution in [0.4, 0.5) is 5.82 Å². The van der Waals surface area contributed by atoms with Gasteiger partial charge in [0.25, 0.3) is 0 Å². The van der Waals surface area contributed by atoms with Crippen molar-refractivity contribution in [2.75, 3.05) is 19.1 Å². The molecule has 2 aromatic rings. The molecular formula is C13H16N2O4S. The van der Waals surface area contributed by atoms with Crippen LogP contribution in [0.5, 0.6) is 5.75 Å². The van der Waals surface area contributed by atoms with Crippen LogP contribution in [-0.4, -0.2) is 26.9 Å². The van der Waals surface area contributed by atoms with Crippen LogP contribution < -0.4 is 10.5 Å². The molecule has 1 unspecified atom stereocenters. The average Bonchev–Trinajstić information content (AvgIpc) is 2.78. The third-order valence-electron chi connectivity index (χ3n) is 3.13. The maximum atomic E-state index is 11.7. The summed E-state index contributed by atoms with van der Waals surface area (Å²) in [6.45, 7) is 1.54. The molecule has 0 aliphatic rings. The van der Waals surface area contributed by atoms with E-state index in [2.05, 4.69) is 5.16 Å². The van der Waals surface area contributed by atoms with Gasteiger partial charge in [-0.2, -0.15) is 0 Å². The second-order valence-electron chi connectivity index (χ2n) is 4.48. The van der Waals surface area contributed by atoms with Crippen molar-refractivity contribution in [1.82, 2.24) is 5.16 Å². The Hall–Kier alpha value is -2.02. The van der Waals surface area contributed by atoms with Crippen LogP contribution in [0, 0.1) is 0 Å². The molecule has 0 aliphatic carbocycles. The van der Waals surface area contributed by atoms with Gasteiger partial charge in [-0.05, 0) is 13.0 Å². The molecule has 0 bridgehead atoms. The summed E-state index contributed by atoms with van der Waals surface area (Å²) in [4.78, 5) is 0. The first kappa shape index (κ1) is 14.4. The van der Waals surface area contributed by atoms with Crippen LogP contribution in [0.1, 0.15) is 17.9 Å². The van der Waals surface area contributed by atoms with Crippen molar-refractivity contribution in [2.45, 2.75) is 12.2 Å². The summed E-state index contributed by atoms with van der Waals surface area (Å²) >= 11 is 0. The van der Waals surface area contributed by atoms with E-state index >= 15 is 0 Å². The monoisotopic (exact) mass is 296 g/mol. The van der Waals surface area contributed by atoms with Gasteiger partial charge in [0.1, 0.15) is 11.0 Å². The van der Waals surface area contributed by atoms with Gasteiger partial charge in [-0.1, -0.05) is 23.4 Å². The highest BCUT2D eigenvalue weighted by molar-refractivity contribution is 7.90. The Morgan fingerprint density at radius 1 is 1.35 bits per heavy atom. The highest BCUT2D eigenvalue weighted by atomic mass is 32.2. The second-order valence-corrected chi connectivity index (χ2v) is 6.85. The predicted octanol–water partition coefficient (Wildman–Crippen LogP) is 2.04. The summed E-state index contributed by atoms with van der Waals surface area (Å²) in [6, 6.07) is 7.15. The van der Waals surface area contributed by atoms with Gasteiger partial charge in [0, 0.05) is 11.8 Å². The zero-order valence-corrected chi connectivity index (χ0v) is 12.3. The normalized spacial score (nSPS) is 13.2. The van der Waals surface area contributed by atoms with Crippen LogP contribution in [0.2, 0.25) is 0 Å². The molecule has 0 radical (unpaired) electrons. The highest BCUT2D eigenvalue weighted by Crippen LogP contribution is 2.40. The molecule has 1 atom stereocenters. The fourth-order valence-corrected chi connectivity index (χ4v) is 2.46. The molecular weight excluding hydrogens is 280 g/mol. The minimum Gasteiger partial charge on any atom is -0.496 e. The first-order chi connectivity index (χ1) is 9.36. The molecule has 2 rings (SSSR count). The first-order valence-electron chi connectivity index (χ1n) is 5.93. The van der Waals surface area contributed by atoms with Crippen molar-refractivity contribution in [3.63, 3.8) is 0 Å². The summed E-state index contributed by atoms with van der Waals surface area (Å²) in [5.74, 6) is 0.929. The fraction of sp³-hybridized carbons (Fsp3) is 0.308. The van der Waals surface area contributed by atoms with Gasteiger partial charge in [0.15, 0.2) is 21.4 Å². The number of hydrogen-bond acceptors (Lipinski definition) is 6. The largest absolute Gasteiger partial charge is 0.496 e. The first-order valence-corrected chi connectivity index (χ1v) is 7.89. The Labute approximate surface area is 117 Å². The fourth-order valence-electron chi connectivity index (χ4n) is 1.91. The lowest BCUT2D eigenvalue weighted by molar-refractivity contribution is 0.384. The third-order valence-corrected chi connectivity index (χ3v) is 4.63. The van der Waals surface area contributed by atoms with Crippen LogP contribution in [0.3, 0.4) is 0 Å². The van der Waals surface area contributed by atoms with E-state index in [4.69, 9.17) is 15.0 Å². The van der Waals surface area contributed by atoms with Crippen molar-refractivity contribution in [2.24, 2.45) is 0 Å². The number of benzene rings is 1. The number of methoxy groups -OCH3 is 1. The predicted molar refractivity (Wildman–Crippen MR) is 76.2 cm³/mol. The van der Waals surface area contributed by atoms with E-state index in [-0.39, 0.29) is 11.6 Å². The maximum Gasteiger partial charge on any atom is 0.175 e. The van der Waals surface area contributed by atoms with Crippen LogP contribution in [0.15, 0.2) is 28.8 Å². The van der Waals surface area contributed by atoms with Gasteiger partial charge in [-0.3, -0.25) is 0 Å². The quantitative estimate of drug-likeness (QED) is 0.927. The highest BCUT2D eigenvalue weighted by Gasteiger charge is 2.29. The molecule has 20 heavy (non-hydrogen) atoms. The van der Waals surface area contributed by atoms with E-state index in [9.17, 15) is 8.42 Å². The molecule has 0 spiro atoms. The summed E-state index contributed by atoms with van der Waals surface area (Å²) in [5, 5.41) is 2.85. The number of anilines is 1. The molecule has 0 aliphatic heterocycles. The average molecular weight is 296 g/mol. The minimum atomic E-state index is -3.32. The van der Waals surface area contributed by atoms with E-state index in [0.29, 0.717) is 16.9 Å². The molecule has 0 amide bonds. The third kappa shape index (κ3) is 2.49. The van der Waals surface area contributed by atoms with Gasteiger partial charge in [-0.25, -0.2) is 8.42 Å². The Morgan fingerprint density at radius 3 is 2.60 bits per heavy atom. The Balaban J connectivity index is 2.67. The van der Waals surface area contributed by atoms with E-state index in [0.717, 1.165) is 6.26 Å². The van der Waals surface area contributed by atoms with Crippen molar-refractivity contribution >= 4 is 15.7 Å². The Morgan fingerprint density at radius 2 is 2.00 bits per heavy atom. The van der Waals surface area contributed by atoms with Crippen LogP contribution in [0.25, 0.3) is 11.1 Å². The smallest absolute Gasteiger partial charge is 0.175 e. The summed E-state index contributed by atoms with van der Waals surface area (Å²) < 4.78 is 33.8. The lowest BCUT2D eigenvalue weighted by atomic mass is 10.0. The van der Waals surface area contributed by atoms with Gasteiger partial charge < -0.3 is 15.0 Å². The van der Waals surface area contributed by atoms with Crippen LogP contribution >= 0.6 is 0 Å². The van der Waals surface area contributed by atoms with Gasteiger partial charge in [0.05, 0.1) is 12.7 Å². The maximum absolute atomic E-state index is 11.7. The number of rotatable bonds is 4.